The molecule has 84 valence electrons. The first-order valence-electron chi connectivity index (χ1n) is 5.81. The molecule has 1 aromatic carbocycles. The molecule has 0 atom stereocenters. The molecule has 1 rings (SSSR count). The predicted octanol–water partition coefficient (Wildman–Crippen LogP) is 3.59. The minimum Gasteiger partial charge on any atom is -0.321 e. The number of benzene rings is 1. The largest absolute Gasteiger partial charge is 0.321 e. The second kappa shape index (κ2) is 4.36. The second-order valence-electron chi connectivity index (χ2n) is 4.61. The minimum absolute atomic E-state index is 0.150. The topological polar surface area (TPSA) is 26.0 Å². The molecule has 0 unspecified atom stereocenters. The fourth-order valence-electron chi connectivity index (χ4n) is 2.13. The molecule has 2 N–H and O–H groups in total. The second-order valence-corrected chi connectivity index (χ2v) is 4.61. The van der Waals surface area contributed by atoms with Crippen LogP contribution in [0.2, 0.25) is 0 Å². The standard InChI is InChI=1S/C14H23N/c1-6-14(15,7-2)13-9-11(4)10(3)8-12(13)5/h8-9H,6-7,15H2,1-5H3. The monoisotopic (exact) mass is 205 g/mol. The zero-order valence-corrected chi connectivity index (χ0v) is 10.6. The number of rotatable bonds is 3. The molecule has 1 nitrogen and oxygen atoms in total. The van der Waals surface area contributed by atoms with Crippen molar-refractivity contribution in [2.24, 2.45) is 5.73 Å². The summed E-state index contributed by atoms with van der Waals surface area (Å²) < 4.78 is 0. The molecule has 1 aromatic rings. The number of aryl methyl sites for hydroxylation is 3. The third-order valence-corrected chi connectivity index (χ3v) is 3.64. The summed E-state index contributed by atoms with van der Waals surface area (Å²) in [5.74, 6) is 0. The van der Waals surface area contributed by atoms with Crippen molar-refractivity contribution < 1.29 is 0 Å². The first-order valence-corrected chi connectivity index (χ1v) is 5.81. The van der Waals surface area contributed by atoms with Crippen LogP contribution in [-0.4, -0.2) is 0 Å². The van der Waals surface area contributed by atoms with E-state index in [1.807, 2.05) is 0 Å². The van der Waals surface area contributed by atoms with E-state index in [1.165, 1.54) is 22.3 Å². The summed E-state index contributed by atoms with van der Waals surface area (Å²) in [4.78, 5) is 0. The third kappa shape index (κ3) is 2.23. The van der Waals surface area contributed by atoms with Gasteiger partial charge in [-0.25, -0.2) is 0 Å². The van der Waals surface area contributed by atoms with Crippen LogP contribution in [0.4, 0.5) is 0 Å². The highest BCUT2D eigenvalue weighted by Crippen LogP contribution is 2.30. The highest BCUT2D eigenvalue weighted by molar-refractivity contribution is 5.40. The van der Waals surface area contributed by atoms with Crippen LogP contribution < -0.4 is 5.73 Å². The predicted molar refractivity (Wildman–Crippen MR) is 67.1 cm³/mol. The highest BCUT2D eigenvalue weighted by Gasteiger charge is 2.24. The van der Waals surface area contributed by atoms with Gasteiger partial charge < -0.3 is 5.73 Å². The smallest absolute Gasteiger partial charge is 0.0407 e. The lowest BCUT2D eigenvalue weighted by Gasteiger charge is -2.30. The van der Waals surface area contributed by atoms with Gasteiger partial charge in [0.1, 0.15) is 0 Å². The van der Waals surface area contributed by atoms with Gasteiger partial charge in [0.05, 0.1) is 0 Å². The summed E-state index contributed by atoms with van der Waals surface area (Å²) in [5.41, 5.74) is 11.6. The van der Waals surface area contributed by atoms with Crippen molar-refractivity contribution in [3.8, 4) is 0 Å². The van der Waals surface area contributed by atoms with E-state index in [0.717, 1.165) is 12.8 Å². The third-order valence-electron chi connectivity index (χ3n) is 3.64. The van der Waals surface area contributed by atoms with Gasteiger partial charge in [0.2, 0.25) is 0 Å². The Morgan fingerprint density at radius 1 is 0.933 bits per heavy atom. The molecule has 0 aliphatic carbocycles. The first-order chi connectivity index (χ1) is 6.94. The van der Waals surface area contributed by atoms with E-state index in [4.69, 9.17) is 5.73 Å². The van der Waals surface area contributed by atoms with E-state index >= 15 is 0 Å². The molecule has 0 spiro atoms. The fourth-order valence-corrected chi connectivity index (χ4v) is 2.13. The molecule has 1 heteroatoms. The van der Waals surface area contributed by atoms with E-state index in [0.29, 0.717) is 0 Å². The molecule has 0 saturated heterocycles. The Hall–Kier alpha value is -0.820. The summed E-state index contributed by atoms with van der Waals surface area (Å²) in [6, 6.07) is 4.51. The number of nitrogens with two attached hydrogens (primary N) is 1. The van der Waals surface area contributed by atoms with E-state index in [1.54, 1.807) is 0 Å². The molecule has 0 radical (unpaired) electrons. The summed E-state index contributed by atoms with van der Waals surface area (Å²) in [5, 5.41) is 0. The minimum atomic E-state index is -0.150. The molecular formula is C14H23N. The van der Waals surface area contributed by atoms with Crippen molar-refractivity contribution in [1.82, 2.24) is 0 Å². The summed E-state index contributed by atoms with van der Waals surface area (Å²) in [6.07, 6.45) is 1.99. The number of hydrogen-bond acceptors (Lipinski definition) is 1. The van der Waals surface area contributed by atoms with Crippen LogP contribution >= 0.6 is 0 Å². The van der Waals surface area contributed by atoms with Gasteiger partial charge in [-0.1, -0.05) is 26.0 Å². The van der Waals surface area contributed by atoms with Crippen molar-refractivity contribution in [2.75, 3.05) is 0 Å². The molecule has 0 saturated carbocycles. The quantitative estimate of drug-likeness (QED) is 0.802. The molecule has 0 bridgehead atoms. The molecular weight excluding hydrogens is 182 g/mol. The zero-order chi connectivity index (χ0) is 11.6. The van der Waals surface area contributed by atoms with Crippen LogP contribution in [-0.2, 0) is 5.54 Å². The van der Waals surface area contributed by atoms with E-state index in [-0.39, 0.29) is 5.54 Å². The highest BCUT2D eigenvalue weighted by atomic mass is 14.7. The Balaban J connectivity index is 3.30. The molecule has 15 heavy (non-hydrogen) atoms. The van der Waals surface area contributed by atoms with Gasteiger partial charge in [0.15, 0.2) is 0 Å². The Bertz CT molecular complexity index is 349. The van der Waals surface area contributed by atoms with E-state index in [9.17, 15) is 0 Å². The van der Waals surface area contributed by atoms with Gasteiger partial charge in [0, 0.05) is 5.54 Å². The number of hydrogen-bond donors (Lipinski definition) is 1. The first kappa shape index (κ1) is 12.3. The van der Waals surface area contributed by atoms with Crippen LogP contribution in [0.1, 0.15) is 48.9 Å². The lowest BCUT2D eigenvalue weighted by molar-refractivity contribution is 0.410. The Morgan fingerprint density at radius 3 is 1.87 bits per heavy atom. The SMILES string of the molecule is CCC(N)(CC)c1cc(C)c(C)cc1C. The Morgan fingerprint density at radius 2 is 1.40 bits per heavy atom. The van der Waals surface area contributed by atoms with Gasteiger partial charge in [-0.15, -0.1) is 0 Å². The molecule has 0 aliphatic rings. The van der Waals surface area contributed by atoms with Crippen LogP contribution in [0, 0.1) is 20.8 Å². The van der Waals surface area contributed by atoms with E-state index < -0.39 is 0 Å². The van der Waals surface area contributed by atoms with Crippen molar-refractivity contribution in [3.05, 3.63) is 34.4 Å². The van der Waals surface area contributed by atoms with Crippen LogP contribution in [0.5, 0.6) is 0 Å². The van der Waals surface area contributed by atoms with Gasteiger partial charge >= 0.3 is 0 Å². The van der Waals surface area contributed by atoms with Gasteiger partial charge in [-0.05, 0) is 55.9 Å². The van der Waals surface area contributed by atoms with Crippen molar-refractivity contribution in [3.63, 3.8) is 0 Å². The molecule has 0 aliphatic heterocycles. The summed E-state index contributed by atoms with van der Waals surface area (Å²) in [6.45, 7) is 10.8. The molecule has 0 heterocycles. The Labute approximate surface area is 93.7 Å². The summed E-state index contributed by atoms with van der Waals surface area (Å²) >= 11 is 0. The summed E-state index contributed by atoms with van der Waals surface area (Å²) in [7, 11) is 0. The van der Waals surface area contributed by atoms with E-state index in [2.05, 4.69) is 46.8 Å². The van der Waals surface area contributed by atoms with Gasteiger partial charge in [-0.2, -0.15) is 0 Å². The van der Waals surface area contributed by atoms with Crippen molar-refractivity contribution in [2.45, 2.75) is 53.0 Å². The van der Waals surface area contributed by atoms with Gasteiger partial charge in [-0.3, -0.25) is 0 Å². The molecule has 0 aromatic heterocycles. The van der Waals surface area contributed by atoms with Crippen LogP contribution in [0.15, 0.2) is 12.1 Å². The maximum Gasteiger partial charge on any atom is 0.0407 e. The normalized spacial score (nSPS) is 11.9. The zero-order valence-electron chi connectivity index (χ0n) is 10.6. The average Bonchev–Trinajstić information content (AvgIpc) is 2.22. The fraction of sp³-hybridized carbons (Fsp3) is 0.571. The van der Waals surface area contributed by atoms with Crippen molar-refractivity contribution >= 4 is 0 Å². The lowest BCUT2D eigenvalue weighted by atomic mass is 9.82. The van der Waals surface area contributed by atoms with Crippen LogP contribution in [0.3, 0.4) is 0 Å². The van der Waals surface area contributed by atoms with Crippen LogP contribution in [0.25, 0.3) is 0 Å². The van der Waals surface area contributed by atoms with Gasteiger partial charge in [0.25, 0.3) is 0 Å². The molecule has 0 fully saturated rings. The average molecular weight is 205 g/mol. The maximum atomic E-state index is 6.44. The maximum absolute atomic E-state index is 6.44. The lowest BCUT2D eigenvalue weighted by Crippen LogP contribution is -2.36. The van der Waals surface area contributed by atoms with Crippen molar-refractivity contribution in [1.29, 1.82) is 0 Å². The molecule has 0 amide bonds. The Kier molecular flexibility index (Phi) is 3.56.